The van der Waals surface area contributed by atoms with Crippen molar-refractivity contribution in [3.8, 4) is 0 Å². The molecule has 0 aliphatic carbocycles. The molecule has 3 heterocycles. The molecule has 6 nitrogen and oxygen atoms in total. The number of allylic oxidation sites excluding steroid dienone is 1. The average molecular weight is 232 g/mol. The highest BCUT2D eigenvalue weighted by Gasteiger charge is 2.15. The average Bonchev–Trinajstić information content (AvgIpc) is 2.94. The molecule has 0 radical (unpaired) electrons. The molecule has 0 amide bonds. The molecule has 17 heavy (non-hydrogen) atoms. The first-order chi connectivity index (χ1) is 8.43. The fourth-order valence-electron chi connectivity index (χ4n) is 1.71. The van der Waals surface area contributed by atoms with E-state index >= 15 is 0 Å². The molecular formula is C11H12N4O2. The number of aromatic nitrogens is 4. The second kappa shape index (κ2) is 4.48. The van der Waals surface area contributed by atoms with Crippen molar-refractivity contribution < 1.29 is 9.47 Å². The molecule has 0 N–H and O–H groups in total. The van der Waals surface area contributed by atoms with Gasteiger partial charge in [-0.3, -0.25) is 0 Å². The van der Waals surface area contributed by atoms with E-state index < -0.39 is 0 Å². The van der Waals surface area contributed by atoms with Crippen LogP contribution >= 0.6 is 0 Å². The summed E-state index contributed by atoms with van der Waals surface area (Å²) >= 11 is 0. The SMILES string of the molecule is C1=C(c2nnc(C3=CCCCO3)nn2)OCC1. The van der Waals surface area contributed by atoms with Crippen LogP contribution in [-0.2, 0) is 9.47 Å². The van der Waals surface area contributed by atoms with Gasteiger partial charge >= 0.3 is 0 Å². The topological polar surface area (TPSA) is 70.0 Å². The zero-order valence-corrected chi connectivity index (χ0v) is 9.30. The van der Waals surface area contributed by atoms with Crippen LogP contribution in [0.3, 0.4) is 0 Å². The molecule has 2 aliphatic heterocycles. The Bertz CT molecular complexity index is 467. The molecule has 1 aromatic heterocycles. The summed E-state index contributed by atoms with van der Waals surface area (Å²) in [6, 6.07) is 0. The fraction of sp³-hybridized carbons (Fsp3) is 0.455. The van der Waals surface area contributed by atoms with E-state index in [-0.39, 0.29) is 0 Å². The summed E-state index contributed by atoms with van der Waals surface area (Å²) in [6.07, 6.45) is 6.80. The summed E-state index contributed by atoms with van der Waals surface area (Å²) in [4.78, 5) is 0. The Balaban J connectivity index is 1.82. The molecule has 0 unspecified atom stereocenters. The Morgan fingerprint density at radius 1 is 0.765 bits per heavy atom. The minimum atomic E-state index is 0.433. The lowest BCUT2D eigenvalue weighted by Gasteiger charge is -2.12. The molecule has 0 fully saturated rings. The molecule has 0 spiro atoms. The van der Waals surface area contributed by atoms with Crippen LogP contribution in [-0.4, -0.2) is 33.6 Å². The number of hydrogen-bond donors (Lipinski definition) is 0. The van der Waals surface area contributed by atoms with E-state index in [1.54, 1.807) is 0 Å². The first-order valence-corrected chi connectivity index (χ1v) is 5.67. The van der Waals surface area contributed by atoms with Crippen molar-refractivity contribution in [2.24, 2.45) is 0 Å². The summed E-state index contributed by atoms with van der Waals surface area (Å²) < 4.78 is 10.8. The van der Waals surface area contributed by atoms with Crippen LogP contribution in [0.2, 0.25) is 0 Å². The maximum Gasteiger partial charge on any atom is 0.237 e. The lowest BCUT2D eigenvalue weighted by atomic mass is 10.2. The lowest BCUT2D eigenvalue weighted by Crippen LogP contribution is -2.09. The minimum Gasteiger partial charge on any atom is -0.490 e. The Kier molecular flexibility index (Phi) is 2.69. The van der Waals surface area contributed by atoms with Gasteiger partial charge in [-0.1, -0.05) is 0 Å². The van der Waals surface area contributed by atoms with Crippen LogP contribution in [0, 0.1) is 0 Å². The Morgan fingerprint density at radius 2 is 1.35 bits per heavy atom. The van der Waals surface area contributed by atoms with Crippen molar-refractivity contribution in [1.82, 2.24) is 20.4 Å². The Morgan fingerprint density at radius 3 is 1.82 bits per heavy atom. The van der Waals surface area contributed by atoms with E-state index in [0.29, 0.717) is 36.4 Å². The first-order valence-electron chi connectivity index (χ1n) is 5.67. The molecule has 88 valence electrons. The molecule has 6 heteroatoms. The number of ether oxygens (including phenoxy) is 2. The standard InChI is InChI=1S/C11H12N4O2/c1-2-6-16-8(4-1)10-12-14-11(15-13-10)9-5-3-7-17-9/h4-5H,1-3,6-7H2. The Hall–Kier alpha value is -1.98. The quantitative estimate of drug-likeness (QED) is 0.762. The summed E-state index contributed by atoms with van der Waals surface area (Å²) in [5.74, 6) is 2.20. The van der Waals surface area contributed by atoms with Crippen molar-refractivity contribution >= 4 is 11.5 Å². The van der Waals surface area contributed by atoms with Gasteiger partial charge in [0.05, 0.1) is 13.2 Å². The molecule has 0 atom stereocenters. The first kappa shape index (κ1) is 10.2. The second-order valence-electron chi connectivity index (χ2n) is 3.81. The van der Waals surface area contributed by atoms with E-state index in [0.717, 1.165) is 19.3 Å². The normalized spacial score (nSPS) is 19.1. The summed E-state index contributed by atoms with van der Waals surface area (Å²) in [5.41, 5.74) is 0. The fourth-order valence-corrected chi connectivity index (χ4v) is 1.71. The maximum atomic E-state index is 5.44. The van der Waals surface area contributed by atoms with Gasteiger partial charge in [-0.05, 0) is 25.0 Å². The molecule has 0 bridgehead atoms. The monoisotopic (exact) mass is 232 g/mol. The van der Waals surface area contributed by atoms with E-state index in [4.69, 9.17) is 9.47 Å². The molecule has 3 rings (SSSR count). The third-order valence-corrected chi connectivity index (χ3v) is 2.56. The van der Waals surface area contributed by atoms with Crippen molar-refractivity contribution in [1.29, 1.82) is 0 Å². The Labute approximate surface area is 98.4 Å². The van der Waals surface area contributed by atoms with Crippen LogP contribution in [0.5, 0.6) is 0 Å². The summed E-state index contributed by atoms with van der Waals surface area (Å²) in [7, 11) is 0. The highest BCUT2D eigenvalue weighted by Crippen LogP contribution is 2.19. The van der Waals surface area contributed by atoms with Crippen LogP contribution < -0.4 is 0 Å². The molecule has 2 aliphatic rings. The zero-order valence-electron chi connectivity index (χ0n) is 9.30. The van der Waals surface area contributed by atoms with Gasteiger partial charge in [-0.15, -0.1) is 20.4 Å². The van der Waals surface area contributed by atoms with E-state index in [9.17, 15) is 0 Å². The highest BCUT2D eigenvalue weighted by molar-refractivity contribution is 5.55. The number of hydrogen-bond acceptors (Lipinski definition) is 6. The van der Waals surface area contributed by atoms with Crippen molar-refractivity contribution in [3.05, 3.63) is 23.8 Å². The zero-order chi connectivity index (χ0) is 11.5. The van der Waals surface area contributed by atoms with E-state index in [2.05, 4.69) is 20.4 Å². The van der Waals surface area contributed by atoms with E-state index in [1.165, 1.54) is 0 Å². The largest absolute Gasteiger partial charge is 0.490 e. The van der Waals surface area contributed by atoms with Gasteiger partial charge in [-0.25, -0.2) is 0 Å². The summed E-state index contributed by atoms with van der Waals surface area (Å²) in [6.45, 7) is 1.37. The van der Waals surface area contributed by atoms with Crippen LogP contribution in [0.25, 0.3) is 11.5 Å². The van der Waals surface area contributed by atoms with Gasteiger partial charge in [0.1, 0.15) is 0 Å². The smallest absolute Gasteiger partial charge is 0.237 e. The van der Waals surface area contributed by atoms with Gasteiger partial charge < -0.3 is 9.47 Å². The van der Waals surface area contributed by atoms with Crippen LogP contribution in [0.15, 0.2) is 12.2 Å². The van der Waals surface area contributed by atoms with Gasteiger partial charge in [0.2, 0.25) is 11.6 Å². The number of nitrogens with zero attached hydrogens (tertiary/aromatic N) is 4. The van der Waals surface area contributed by atoms with Gasteiger partial charge in [0.25, 0.3) is 0 Å². The maximum absolute atomic E-state index is 5.44. The molecule has 0 saturated carbocycles. The van der Waals surface area contributed by atoms with Crippen molar-refractivity contribution in [2.75, 3.05) is 13.2 Å². The van der Waals surface area contributed by atoms with Gasteiger partial charge in [0, 0.05) is 6.42 Å². The van der Waals surface area contributed by atoms with E-state index in [1.807, 2.05) is 12.2 Å². The highest BCUT2D eigenvalue weighted by atomic mass is 16.5. The van der Waals surface area contributed by atoms with Crippen LogP contribution in [0.4, 0.5) is 0 Å². The van der Waals surface area contributed by atoms with Crippen molar-refractivity contribution in [3.63, 3.8) is 0 Å². The molecule has 0 aromatic carbocycles. The summed E-state index contributed by atoms with van der Waals surface area (Å²) in [5, 5.41) is 16.0. The lowest BCUT2D eigenvalue weighted by molar-refractivity contribution is 0.255. The molecular weight excluding hydrogens is 220 g/mol. The molecule has 0 saturated heterocycles. The minimum absolute atomic E-state index is 0.433. The predicted octanol–water partition coefficient (Wildman–Crippen LogP) is 1.18. The number of rotatable bonds is 2. The predicted molar refractivity (Wildman–Crippen MR) is 59.3 cm³/mol. The van der Waals surface area contributed by atoms with Crippen LogP contribution in [0.1, 0.15) is 30.9 Å². The molecule has 1 aromatic rings. The second-order valence-corrected chi connectivity index (χ2v) is 3.81. The van der Waals surface area contributed by atoms with Crippen molar-refractivity contribution in [2.45, 2.75) is 19.3 Å². The third kappa shape index (κ3) is 2.11. The van der Waals surface area contributed by atoms with Gasteiger partial charge in [-0.2, -0.15) is 0 Å². The van der Waals surface area contributed by atoms with Gasteiger partial charge in [0.15, 0.2) is 11.5 Å². The third-order valence-electron chi connectivity index (χ3n) is 2.56.